The fraction of sp³-hybridized carbons (Fsp3) is 0.294. The Bertz CT molecular complexity index is 798. The van der Waals surface area contributed by atoms with Crippen LogP contribution >= 0.6 is 0 Å². The molecule has 2 aliphatic heterocycles. The predicted octanol–water partition coefficient (Wildman–Crippen LogP) is -0.143. The van der Waals surface area contributed by atoms with Crippen LogP contribution in [-0.4, -0.2) is 23.4 Å². The number of ether oxygens (including phenoxy) is 1. The summed E-state index contributed by atoms with van der Waals surface area (Å²) in [5.74, 6) is 1.36. The van der Waals surface area contributed by atoms with E-state index in [9.17, 15) is 8.42 Å². The van der Waals surface area contributed by atoms with Crippen molar-refractivity contribution in [2.24, 2.45) is 0 Å². The Morgan fingerprint density at radius 2 is 1.82 bits per heavy atom. The number of alkyl halides is 2. The first-order chi connectivity index (χ1) is 10.7. The molecular formula is C17H16IO3S-. The van der Waals surface area contributed by atoms with Crippen LogP contribution in [0.4, 0.5) is 0 Å². The molecule has 2 atom stereocenters. The third-order valence-corrected chi connectivity index (χ3v) is 8.74. The van der Waals surface area contributed by atoms with Crippen LogP contribution in [0.25, 0.3) is 0 Å². The van der Waals surface area contributed by atoms with Gasteiger partial charge in [0, 0.05) is 0 Å². The second-order valence-electron chi connectivity index (χ2n) is 5.58. The SMILES string of the molecule is O=S(=O)(c1ccccc1)c1ccc2c(c1)OCCC2C1C[I-]1. The molecule has 4 rings (SSSR count). The summed E-state index contributed by atoms with van der Waals surface area (Å²) >= 11 is 0.381. The molecule has 0 aromatic heterocycles. The Morgan fingerprint density at radius 3 is 2.55 bits per heavy atom. The summed E-state index contributed by atoms with van der Waals surface area (Å²) in [4.78, 5) is 0.652. The summed E-state index contributed by atoms with van der Waals surface area (Å²) in [5.41, 5.74) is 1.21. The monoisotopic (exact) mass is 427 g/mol. The number of halogens is 1. The van der Waals surface area contributed by atoms with Gasteiger partial charge in [-0.1, -0.05) is 0 Å². The van der Waals surface area contributed by atoms with E-state index < -0.39 is 9.84 Å². The van der Waals surface area contributed by atoms with Crippen LogP contribution in [0, 0.1) is 0 Å². The van der Waals surface area contributed by atoms with Gasteiger partial charge in [0.05, 0.1) is 0 Å². The van der Waals surface area contributed by atoms with Gasteiger partial charge in [0.2, 0.25) is 0 Å². The van der Waals surface area contributed by atoms with Crippen LogP contribution < -0.4 is 25.9 Å². The number of hydrogen-bond donors (Lipinski definition) is 0. The zero-order chi connectivity index (χ0) is 15.2. The van der Waals surface area contributed by atoms with E-state index in [0.29, 0.717) is 43.5 Å². The minimum atomic E-state index is -3.47. The number of sulfone groups is 1. The average molecular weight is 427 g/mol. The molecule has 3 nitrogen and oxygen atoms in total. The van der Waals surface area contributed by atoms with E-state index in [4.69, 9.17) is 4.74 Å². The number of rotatable bonds is 3. The van der Waals surface area contributed by atoms with E-state index in [1.54, 1.807) is 36.4 Å². The molecule has 0 saturated carbocycles. The van der Waals surface area contributed by atoms with Crippen LogP contribution in [0.1, 0.15) is 17.9 Å². The average Bonchev–Trinajstić information content (AvgIpc) is 3.39. The molecule has 1 fully saturated rings. The van der Waals surface area contributed by atoms with Gasteiger partial charge in [-0.2, -0.15) is 0 Å². The number of benzene rings is 2. The second-order valence-corrected chi connectivity index (χ2v) is 10.9. The molecular weight excluding hydrogens is 411 g/mol. The van der Waals surface area contributed by atoms with Crippen molar-refractivity contribution in [3.8, 4) is 5.75 Å². The summed E-state index contributed by atoms with van der Waals surface area (Å²) in [6.45, 7) is 0.701. The van der Waals surface area contributed by atoms with Gasteiger partial charge in [-0.25, -0.2) is 0 Å². The molecule has 0 spiro atoms. The fourth-order valence-corrected chi connectivity index (χ4v) is 6.51. The summed E-state index contributed by atoms with van der Waals surface area (Å²) < 4.78 is 33.4. The Balaban J connectivity index is 1.75. The normalized spacial score (nSPS) is 23.8. The standard InChI is InChI=1S/C17H16IO3S/c19-22(20,12-4-2-1-3-5-12)13-6-7-15-14(16-11-18-16)8-9-21-17(15)10-13/h1-7,10,14,16H,8-9,11H2/q-1. The van der Waals surface area contributed by atoms with E-state index in [1.165, 1.54) is 9.99 Å². The molecule has 0 aliphatic carbocycles. The van der Waals surface area contributed by atoms with Crippen molar-refractivity contribution in [1.29, 1.82) is 0 Å². The Kier molecular flexibility index (Phi) is 3.64. The number of fused-ring (bicyclic) bond motifs is 1. The number of hydrogen-bond acceptors (Lipinski definition) is 3. The summed E-state index contributed by atoms with van der Waals surface area (Å²) in [6, 6.07) is 14.0. The molecule has 2 heterocycles. The van der Waals surface area contributed by atoms with Crippen LogP contribution in [0.3, 0.4) is 0 Å². The molecule has 5 heteroatoms. The molecule has 2 aliphatic rings. The molecule has 2 unspecified atom stereocenters. The third kappa shape index (κ3) is 2.54. The van der Waals surface area contributed by atoms with Gasteiger partial charge < -0.3 is 0 Å². The van der Waals surface area contributed by atoms with Gasteiger partial charge in [-0.3, -0.25) is 0 Å². The molecule has 0 bridgehead atoms. The van der Waals surface area contributed by atoms with Crippen molar-refractivity contribution in [2.75, 3.05) is 11.0 Å². The Labute approximate surface area is 140 Å². The second kappa shape index (κ2) is 5.53. The Hall–Kier alpha value is -1.08. The van der Waals surface area contributed by atoms with Crippen molar-refractivity contribution in [2.45, 2.75) is 26.1 Å². The van der Waals surface area contributed by atoms with Gasteiger partial charge in [0.1, 0.15) is 0 Å². The van der Waals surface area contributed by atoms with Crippen molar-refractivity contribution in [3.05, 3.63) is 54.1 Å². The molecule has 2 aromatic carbocycles. The first-order valence-electron chi connectivity index (χ1n) is 7.31. The van der Waals surface area contributed by atoms with Crippen molar-refractivity contribution >= 4 is 9.84 Å². The van der Waals surface area contributed by atoms with Crippen molar-refractivity contribution < 1.29 is 34.4 Å². The van der Waals surface area contributed by atoms with Gasteiger partial charge >= 0.3 is 141 Å². The molecule has 1 saturated heterocycles. The molecule has 116 valence electrons. The van der Waals surface area contributed by atoms with Gasteiger partial charge in [-0.15, -0.1) is 0 Å². The van der Waals surface area contributed by atoms with E-state index in [-0.39, 0.29) is 0 Å². The predicted molar refractivity (Wildman–Crippen MR) is 79.8 cm³/mol. The summed E-state index contributed by atoms with van der Waals surface area (Å²) in [6.07, 6.45) is 1.07. The van der Waals surface area contributed by atoms with Gasteiger partial charge in [-0.05, 0) is 0 Å². The van der Waals surface area contributed by atoms with Crippen LogP contribution in [0.5, 0.6) is 5.75 Å². The fourth-order valence-electron chi connectivity index (χ4n) is 2.94. The molecule has 0 radical (unpaired) electrons. The molecule has 2 aromatic rings. The van der Waals surface area contributed by atoms with Crippen LogP contribution in [0.2, 0.25) is 0 Å². The maximum absolute atomic E-state index is 12.7. The first-order valence-corrected chi connectivity index (χ1v) is 11.6. The van der Waals surface area contributed by atoms with Crippen LogP contribution in [-0.2, 0) is 9.84 Å². The van der Waals surface area contributed by atoms with Gasteiger partial charge in [0.25, 0.3) is 0 Å². The topological polar surface area (TPSA) is 43.4 Å². The van der Waals surface area contributed by atoms with E-state index in [0.717, 1.165) is 16.1 Å². The van der Waals surface area contributed by atoms with Gasteiger partial charge in [0.15, 0.2) is 0 Å². The quantitative estimate of drug-likeness (QED) is 0.506. The third-order valence-electron chi connectivity index (χ3n) is 4.20. The first kappa shape index (κ1) is 14.5. The Morgan fingerprint density at radius 1 is 1.05 bits per heavy atom. The van der Waals surface area contributed by atoms with E-state index >= 15 is 0 Å². The zero-order valence-corrected chi connectivity index (χ0v) is 14.9. The maximum atomic E-state index is 12.7. The summed E-state index contributed by atoms with van der Waals surface area (Å²) in [7, 11) is -3.47. The van der Waals surface area contributed by atoms with Crippen molar-refractivity contribution in [1.82, 2.24) is 0 Å². The zero-order valence-electron chi connectivity index (χ0n) is 11.9. The minimum absolute atomic E-state index is 0.323. The van der Waals surface area contributed by atoms with E-state index in [2.05, 4.69) is 0 Å². The van der Waals surface area contributed by atoms with E-state index in [1.807, 2.05) is 12.1 Å². The molecule has 0 amide bonds. The van der Waals surface area contributed by atoms with Crippen LogP contribution in [0.15, 0.2) is 58.3 Å². The van der Waals surface area contributed by atoms with Crippen molar-refractivity contribution in [3.63, 3.8) is 0 Å². The molecule has 0 N–H and O–H groups in total. The summed E-state index contributed by atoms with van der Waals surface area (Å²) in [5, 5.41) is 0. The molecule has 22 heavy (non-hydrogen) atoms.